The summed E-state index contributed by atoms with van der Waals surface area (Å²) in [4.78, 5) is 52.7. The Morgan fingerprint density at radius 2 is 1.83 bits per heavy atom. The quantitative estimate of drug-likeness (QED) is 0.0968. The molecule has 0 spiro atoms. The van der Waals surface area contributed by atoms with E-state index in [1.165, 1.54) is 40.6 Å². The van der Waals surface area contributed by atoms with Gasteiger partial charge in [0.2, 0.25) is 5.91 Å². The highest BCUT2D eigenvalue weighted by Crippen LogP contribution is 2.40. The zero-order valence-corrected chi connectivity index (χ0v) is 27.4. The molecule has 4 aromatic rings. The van der Waals surface area contributed by atoms with Crippen LogP contribution < -0.4 is 15.3 Å². The van der Waals surface area contributed by atoms with Gasteiger partial charge in [-0.15, -0.1) is 11.8 Å². The topological polar surface area (TPSA) is 97.6 Å². The first kappa shape index (κ1) is 32.4. The molecule has 1 saturated carbocycles. The number of piperazine rings is 1. The highest BCUT2D eigenvalue weighted by molar-refractivity contribution is 7.98. The van der Waals surface area contributed by atoms with Crippen LogP contribution in [0.25, 0.3) is 28.0 Å². The summed E-state index contributed by atoms with van der Waals surface area (Å²) in [6, 6.07) is 10.6. The third kappa shape index (κ3) is 6.02. The average molecular weight is 660 g/mol. The number of carbonyl (C=O) groups excluding carboxylic acids is 2. The number of ether oxygens (including phenoxy) is 1. The minimum Gasteiger partial charge on any atom is -0.425 e. The number of amides is 1. The molecule has 1 aliphatic heterocycles. The third-order valence-corrected chi connectivity index (χ3v) is 9.39. The summed E-state index contributed by atoms with van der Waals surface area (Å²) in [5.74, 6) is -2.66. The molecule has 2 fully saturated rings. The number of pyridine rings is 1. The predicted octanol–water partition coefficient (Wildman–Crippen LogP) is 6.11. The first-order chi connectivity index (χ1) is 22.5. The van der Waals surface area contributed by atoms with Crippen LogP contribution in [0.4, 0.5) is 14.6 Å². The number of halogens is 2. The Balaban J connectivity index is 1.63. The van der Waals surface area contributed by atoms with E-state index in [0.29, 0.717) is 38.2 Å². The Bertz CT molecular complexity index is 1980. The van der Waals surface area contributed by atoms with E-state index in [1.807, 2.05) is 50.1 Å². The van der Waals surface area contributed by atoms with E-state index in [-0.39, 0.29) is 51.9 Å². The second kappa shape index (κ2) is 12.9. The number of hydrogen-bond donors (Lipinski definition) is 0. The fourth-order valence-electron chi connectivity index (χ4n) is 6.04. The third-order valence-electron chi connectivity index (χ3n) is 8.62. The van der Waals surface area contributed by atoms with Crippen molar-refractivity contribution in [1.82, 2.24) is 19.4 Å². The van der Waals surface area contributed by atoms with Crippen LogP contribution in [0.1, 0.15) is 45.1 Å². The monoisotopic (exact) mass is 659 g/mol. The van der Waals surface area contributed by atoms with Crippen molar-refractivity contribution in [3.05, 3.63) is 82.8 Å². The Kier molecular flexibility index (Phi) is 8.88. The van der Waals surface area contributed by atoms with Crippen LogP contribution in [-0.4, -0.2) is 63.2 Å². The van der Waals surface area contributed by atoms with Crippen molar-refractivity contribution in [2.24, 2.45) is 5.92 Å². The molecule has 0 radical (unpaired) electrons. The summed E-state index contributed by atoms with van der Waals surface area (Å²) >= 11 is 1.44. The van der Waals surface area contributed by atoms with Crippen molar-refractivity contribution in [3.8, 4) is 22.7 Å². The molecule has 2 aromatic heterocycles. The van der Waals surface area contributed by atoms with E-state index in [2.05, 4.69) is 16.5 Å². The maximum absolute atomic E-state index is 16.3. The molecular weight excluding hydrogens is 624 g/mol. The van der Waals surface area contributed by atoms with E-state index < -0.39 is 29.0 Å². The molecule has 12 heteroatoms. The van der Waals surface area contributed by atoms with Crippen LogP contribution in [-0.2, 0) is 9.59 Å². The number of nitrogens with zero attached hydrogens (tertiary/aromatic N) is 5. The average Bonchev–Trinajstić information content (AvgIpc) is 3.90. The van der Waals surface area contributed by atoms with Crippen molar-refractivity contribution >= 4 is 40.5 Å². The van der Waals surface area contributed by atoms with Gasteiger partial charge in [-0.25, -0.2) is 23.1 Å². The number of benzene rings is 2. The molecule has 244 valence electrons. The summed E-state index contributed by atoms with van der Waals surface area (Å²) in [6.07, 6.45) is 4.50. The Hall–Kier alpha value is -4.58. The number of hydrogen-bond acceptors (Lipinski definition) is 8. The Morgan fingerprint density at radius 3 is 2.49 bits per heavy atom. The second-order valence-corrected chi connectivity index (χ2v) is 13.0. The normalized spacial score (nSPS) is 16.5. The van der Waals surface area contributed by atoms with E-state index in [1.54, 1.807) is 4.90 Å². The zero-order chi connectivity index (χ0) is 33.6. The van der Waals surface area contributed by atoms with E-state index in [9.17, 15) is 14.4 Å². The van der Waals surface area contributed by atoms with Crippen LogP contribution in [0.2, 0.25) is 0 Å². The Morgan fingerprint density at radius 1 is 1.09 bits per heavy atom. The lowest BCUT2D eigenvalue weighted by Gasteiger charge is -2.40. The van der Waals surface area contributed by atoms with Crippen molar-refractivity contribution in [2.75, 3.05) is 30.8 Å². The van der Waals surface area contributed by atoms with E-state index >= 15 is 8.78 Å². The molecule has 2 aliphatic rings. The minimum atomic E-state index is -0.880. The van der Waals surface area contributed by atoms with Gasteiger partial charge < -0.3 is 14.5 Å². The van der Waals surface area contributed by atoms with Gasteiger partial charge in [0.15, 0.2) is 11.5 Å². The number of anilines is 1. The Labute approximate surface area is 275 Å². The van der Waals surface area contributed by atoms with Gasteiger partial charge in [-0.3, -0.25) is 9.59 Å². The standard InChI is InChI=1S/C35H35F2N5O4S/c1-6-28(43)40-15-16-41(20(4)18-40)32-23-17-25(37)30(29-24(36)10-8-11-26(29)46-34(44)21-13-14-21)38-33(23)42(35(45)39-32)31-22(19(2)3)9-7-12-27(31)47-5/h6-12,17,19-21H,1,13-16,18H2,2-5H3. The molecule has 0 N–H and O–H groups in total. The molecule has 1 atom stereocenters. The smallest absolute Gasteiger partial charge is 0.355 e. The van der Waals surface area contributed by atoms with Gasteiger partial charge >= 0.3 is 11.7 Å². The van der Waals surface area contributed by atoms with Gasteiger partial charge in [-0.05, 0) is 67.8 Å². The predicted molar refractivity (Wildman–Crippen MR) is 178 cm³/mol. The number of fused-ring (bicyclic) bond motifs is 1. The molecule has 1 amide bonds. The van der Waals surface area contributed by atoms with Crippen LogP contribution in [0.5, 0.6) is 5.75 Å². The van der Waals surface area contributed by atoms with Crippen molar-refractivity contribution in [2.45, 2.75) is 50.5 Å². The summed E-state index contributed by atoms with van der Waals surface area (Å²) in [5, 5.41) is 0.236. The van der Waals surface area contributed by atoms with Gasteiger partial charge in [0, 0.05) is 30.6 Å². The van der Waals surface area contributed by atoms with E-state index in [0.717, 1.165) is 16.5 Å². The zero-order valence-electron chi connectivity index (χ0n) is 26.6. The fraction of sp³-hybridized carbons (Fsp3) is 0.343. The SMILES string of the molecule is C=CC(=O)N1CCN(c2nc(=O)n(-c3c(SC)cccc3C(C)C)c3nc(-c4c(F)cccc4OC(=O)C4CC4)c(F)cc23)C(C)C1. The molecule has 0 bridgehead atoms. The number of para-hydroxylation sites is 1. The summed E-state index contributed by atoms with van der Waals surface area (Å²) < 4.78 is 38.9. The number of carbonyl (C=O) groups is 2. The van der Waals surface area contributed by atoms with Crippen molar-refractivity contribution in [1.29, 1.82) is 0 Å². The van der Waals surface area contributed by atoms with Gasteiger partial charge in [0.1, 0.15) is 23.1 Å². The van der Waals surface area contributed by atoms with Crippen LogP contribution in [0.3, 0.4) is 0 Å². The molecule has 1 saturated heterocycles. The van der Waals surface area contributed by atoms with Crippen molar-refractivity contribution in [3.63, 3.8) is 0 Å². The van der Waals surface area contributed by atoms with Crippen LogP contribution in [0.15, 0.2) is 64.8 Å². The summed E-state index contributed by atoms with van der Waals surface area (Å²) in [7, 11) is 0. The molecule has 3 heterocycles. The summed E-state index contributed by atoms with van der Waals surface area (Å²) in [5.41, 5.74) is 0.105. The van der Waals surface area contributed by atoms with Crippen LogP contribution >= 0.6 is 11.8 Å². The molecule has 6 rings (SSSR count). The molecule has 1 unspecified atom stereocenters. The van der Waals surface area contributed by atoms with E-state index in [4.69, 9.17) is 4.74 Å². The molecular formula is C35H35F2N5O4S. The number of rotatable bonds is 8. The highest BCUT2D eigenvalue weighted by Gasteiger charge is 2.34. The number of thioether (sulfide) groups is 1. The molecule has 9 nitrogen and oxygen atoms in total. The first-order valence-corrected chi connectivity index (χ1v) is 16.8. The largest absolute Gasteiger partial charge is 0.425 e. The molecule has 1 aliphatic carbocycles. The molecule has 2 aromatic carbocycles. The van der Waals surface area contributed by atoms with Gasteiger partial charge in [-0.1, -0.05) is 38.6 Å². The lowest BCUT2D eigenvalue weighted by atomic mass is 10.0. The van der Waals surface area contributed by atoms with Crippen LogP contribution in [0, 0.1) is 17.6 Å². The van der Waals surface area contributed by atoms with Crippen molar-refractivity contribution < 1.29 is 23.1 Å². The molecule has 47 heavy (non-hydrogen) atoms. The fourth-order valence-corrected chi connectivity index (χ4v) is 6.66. The lowest BCUT2D eigenvalue weighted by molar-refractivity contribution is -0.135. The highest BCUT2D eigenvalue weighted by atomic mass is 32.2. The number of esters is 1. The van der Waals surface area contributed by atoms with Gasteiger partial charge in [0.05, 0.1) is 22.6 Å². The maximum Gasteiger partial charge on any atom is 0.355 e. The summed E-state index contributed by atoms with van der Waals surface area (Å²) in [6.45, 7) is 10.5. The number of aromatic nitrogens is 3. The first-order valence-electron chi connectivity index (χ1n) is 15.5. The van der Waals surface area contributed by atoms with Gasteiger partial charge in [0.25, 0.3) is 0 Å². The second-order valence-electron chi connectivity index (χ2n) is 12.1. The maximum atomic E-state index is 16.3. The minimum absolute atomic E-state index is 0.00542. The van der Waals surface area contributed by atoms with Gasteiger partial charge in [-0.2, -0.15) is 4.98 Å². The lowest BCUT2D eigenvalue weighted by Crippen LogP contribution is -2.54.